The van der Waals surface area contributed by atoms with Gasteiger partial charge in [0.2, 0.25) is 10.0 Å². The zero-order valence-corrected chi connectivity index (χ0v) is 16.6. The van der Waals surface area contributed by atoms with Crippen LogP contribution in [-0.2, 0) is 10.0 Å². The number of nitro benzene ring substituents is 1. The molecule has 1 atom stereocenters. The van der Waals surface area contributed by atoms with Gasteiger partial charge in [-0.15, -0.1) is 0 Å². The van der Waals surface area contributed by atoms with Crippen LogP contribution in [0.15, 0.2) is 47.4 Å². The van der Waals surface area contributed by atoms with Crippen LogP contribution in [0.1, 0.15) is 37.4 Å². The first kappa shape index (κ1) is 20.9. The van der Waals surface area contributed by atoms with Crippen LogP contribution < -0.4 is 9.46 Å². The summed E-state index contributed by atoms with van der Waals surface area (Å²) in [5.41, 5.74) is 0.991. The second-order valence-electron chi connectivity index (χ2n) is 6.78. The van der Waals surface area contributed by atoms with Crippen molar-refractivity contribution < 1.29 is 18.1 Å². The molecule has 2 aromatic rings. The maximum Gasteiger partial charge on any atom is 0.273 e. The highest BCUT2D eigenvalue weighted by Gasteiger charge is 2.24. The third-order valence-electron chi connectivity index (χ3n) is 4.21. The zero-order valence-electron chi connectivity index (χ0n) is 15.8. The summed E-state index contributed by atoms with van der Waals surface area (Å²) in [7, 11) is -2.36. The van der Waals surface area contributed by atoms with Crippen molar-refractivity contribution in [2.75, 3.05) is 7.11 Å². The standard InChI is InChI=1S/C19H24N2O5S/c1-13(2)11-18(15-6-8-16(26-4)9-7-15)20-27(24,25)17-10-5-14(3)19(12-17)21(22)23/h5-10,12-13,18,20H,11H2,1-4H3/t18-/m0/s1. The Kier molecular flexibility index (Phi) is 6.56. The van der Waals surface area contributed by atoms with Crippen LogP contribution in [0.2, 0.25) is 0 Å². The van der Waals surface area contributed by atoms with Gasteiger partial charge in [0.25, 0.3) is 5.69 Å². The molecule has 0 aliphatic heterocycles. The molecule has 1 N–H and O–H groups in total. The van der Waals surface area contributed by atoms with Crippen LogP contribution in [0, 0.1) is 23.0 Å². The van der Waals surface area contributed by atoms with Crippen molar-refractivity contribution in [1.82, 2.24) is 4.72 Å². The Hall–Kier alpha value is -2.45. The predicted molar refractivity (Wildman–Crippen MR) is 103 cm³/mol. The van der Waals surface area contributed by atoms with E-state index < -0.39 is 21.0 Å². The average molecular weight is 392 g/mol. The third-order valence-corrected chi connectivity index (χ3v) is 5.68. The number of ether oxygens (including phenoxy) is 1. The highest BCUT2D eigenvalue weighted by Crippen LogP contribution is 2.27. The molecule has 27 heavy (non-hydrogen) atoms. The lowest BCUT2D eigenvalue weighted by Crippen LogP contribution is -2.29. The summed E-state index contributed by atoms with van der Waals surface area (Å²) in [6, 6.07) is 10.6. The minimum atomic E-state index is -3.93. The lowest BCUT2D eigenvalue weighted by Gasteiger charge is -2.21. The highest BCUT2D eigenvalue weighted by molar-refractivity contribution is 7.89. The van der Waals surface area contributed by atoms with Crippen LogP contribution in [0.25, 0.3) is 0 Å². The van der Waals surface area contributed by atoms with Crippen LogP contribution >= 0.6 is 0 Å². The predicted octanol–water partition coefficient (Wildman–Crippen LogP) is 3.98. The highest BCUT2D eigenvalue weighted by atomic mass is 32.2. The molecule has 0 saturated heterocycles. The molecule has 146 valence electrons. The Morgan fingerprint density at radius 2 is 1.78 bits per heavy atom. The number of methoxy groups -OCH3 is 1. The van der Waals surface area contributed by atoms with Gasteiger partial charge in [0.1, 0.15) is 5.75 Å². The summed E-state index contributed by atoms with van der Waals surface area (Å²) in [6.07, 6.45) is 0.583. The molecule has 0 heterocycles. The van der Waals surface area contributed by atoms with E-state index in [1.807, 2.05) is 26.0 Å². The molecule has 0 unspecified atom stereocenters. The average Bonchev–Trinajstić information content (AvgIpc) is 2.60. The normalized spacial score (nSPS) is 12.8. The molecule has 0 aromatic heterocycles. The second kappa shape index (κ2) is 8.49. The molecule has 0 fully saturated rings. The van der Waals surface area contributed by atoms with E-state index in [9.17, 15) is 18.5 Å². The van der Waals surface area contributed by atoms with Crippen molar-refractivity contribution in [1.29, 1.82) is 0 Å². The van der Waals surface area contributed by atoms with E-state index in [4.69, 9.17) is 4.74 Å². The first-order chi connectivity index (χ1) is 12.6. The molecule has 0 spiro atoms. The fourth-order valence-electron chi connectivity index (χ4n) is 2.77. The smallest absolute Gasteiger partial charge is 0.273 e. The molecular weight excluding hydrogens is 368 g/mol. The minimum absolute atomic E-state index is 0.123. The molecule has 2 aromatic carbocycles. The number of hydrogen-bond acceptors (Lipinski definition) is 5. The SMILES string of the molecule is COc1ccc([C@H](CC(C)C)NS(=O)(=O)c2ccc(C)c([N+](=O)[O-])c2)cc1. The molecule has 0 radical (unpaired) electrons. The molecule has 0 saturated carbocycles. The van der Waals surface area contributed by atoms with Gasteiger partial charge in [-0.1, -0.05) is 32.0 Å². The van der Waals surface area contributed by atoms with Gasteiger partial charge in [0, 0.05) is 17.7 Å². The Morgan fingerprint density at radius 1 is 1.15 bits per heavy atom. The van der Waals surface area contributed by atoms with Gasteiger partial charge in [-0.3, -0.25) is 10.1 Å². The van der Waals surface area contributed by atoms with Gasteiger partial charge >= 0.3 is 0 Å². The molecule has 8 heteroatoms. The fourth-order valence-corrected chi connectivity index (χ4v) is 4.03. The summed E-state index contributed by atoms with van der Waals surface area (Å²) in [5.74, 6) is 0.922. The maximum absolute atomic E-state index is 12.8. The Morgan fingerprint density at radius 3 is 2.30 bits per heavy atom. The lowest BCUT2D eigenvalue weighted by atomic mass is 9.98. The Bertz CT molecular complexity index is 908. The molecule has 7 nitrogen and oxygen atoms in total. The van der Waals surface area contributed by atoms with E-state index >= 15 is 0 Å². The molecule has 2 rings (SSSR count). The largest absolute Gasteiger partial charge is 0.497 e. The van der Waals surface area contributed by atoms with Crippen molar-refractivity contribution >= 4 is 15.7 Å². The van der Waals surface area contributed by atoms with Crippen molar-refractivity contribution in [2.45, 2.75) is 38.1 Å². The summed E-state index contributed by atoms with van der Waals surface area (Å²) in [5, 5.41) is 11.1. The van der Waals surface area contributed by atoms with Crippen molar-refractivity contribution in [3.8, 4) is 5.75 Å². The van der Waals surface area contributed by atoms with E-state index in [1.54, 1.807) is 26.2 Å². The third kappa shape index (κ3) is 5.27. The van der Waals surface area contributed by atoms with Crippen LogP contribution in [0.5, 0.6) is 5.75 Å². The van der Waals surface area contributed by atoms with E-state index in [0.717, 1.165) is 11.6 Å². The molecule has 0 bridgehead atoms. The fraction of sp³-hybridized carbons (Fsp3) is 0.368. The number of hydrogen-bond donors (Lipinski definition) is 1. The van der Waals surface area contributed by atoms with Crippen molar-refractivity contribution in [2.24, 2.45) is 5.92 Å². The number of nitro groups is 1. The van der Waals surface area contributed by atoms with E-state index in [2.05, 4.69) is 4.72 Å². The van der Waals surface area contributed by atoms with Crippen LogP contribution in [-0.4, -0.2) is 20.5 Å². The maximum atomic E-state index is 12.8. The first-order valence-corrected chi connectivity index (χ1v) is 10.0. The number of benzene rings is 2. The second-order valence-corrected chi connectivity index (χ2v) is 8.50. The summed E-state index contributed by atoms with van der Waals surface area (Å²) in [6.45, 7) is 5.57. The lowest BCUT2D eigenvalue weighted by molar-refractivity contribution is -0.385. The first-order valence-electron chi connectivity index (χ1n) is 8.55. The van der Waals surface area contributed by atoms with Crippen molar-refractivity contribution in [3.05, 3.63) is 63.7 Å². The van der Waals surface area contributed by atoms with Gasteiger partial charge in [0.15, 0.2) is 0 Å². The van der Waals surface area contributed by atoms with Gasteiger partial charge in [0.05, 0.1) is 16.9 Å². The quantitative estimate of drug-likeness (QED) is 0.541. The summed E-state index contributed by atoms with van der Waals surface area (Å²) >= 11 is 0. The zero-order chi connectivity index (χ0) is 20.2. The number of aryl methyl sites for hydroxylation is 1. The topological polar surface area (TPSA) is 98.5 Å². The van der Waals surface area contributed by atoms with E-state index in [0.29, 0.717) is 17.7 Å². The molecule has 0 amide bonds. The Labute approximate surface area is 159 Å². The van der Waals surface area contributed by atoms with Gasteiger partial charge in [-0.25, -0.2) is 13.1 Å². The van der Waals surface area contributed by atoms with Crippen molar-refractivity contribution in [3.63, 3.8) is 0 Å². The molecule has 0 aliphatic carbocycles. The number of sulfonamides is 1. The summed E-state index contributed by atoms with van der Waals surface area (Å²) < 4.78 is 33.5. The van der Waals surface area contributed by atoms with E-state index in [-0.39, 0.29) is 16.5 Å². The number of nitrogens with zero attached hydrogens (tertiary/aromatic N) is 1. The van der Waals surface area contributed by atoms with Gasteiger partial charge < -0.3 is 4.74 Å². The minimum Gasteiger partial charge on any atom is -0.497 e. The van der Waals surface area contributed by atoms with Crippen LogP contribution in [0.4, 0.5) is 5.69 Å². The van der Waals surface area contributed by atoms with Crippen LogP contribution in [0.3, 0.4) is 0 Å². The van der Waals surface area contributed by atoms with Gasteiger partial charge in [-0.2, -0.15) is 0 Å². The number of nitrogens with one attached hydrogen (secondary N) is 1. The van der Waals surface area contributed by atoms with Gasteiger partial charge in [-0.05, 0) is 43.0 Å². The summed E-state index contributed by atoms with van der Waals surface area (Å²) in [4.78, 5) is 10.4. The van der Waals surface area contributed by atoms with E-state index in [1.165, 1.54) is 12.1 Å². The molecule has 0 aliphatic rings. The molecular formula is C19H24N2O5S. The monoisotopic (exact) mass is 392 g/mol. The number of rotatable bonds is 8. The Balaban J connectivity index is 2.37.